The van der Waals surface area contributed by atoms with Crippen LogP contribution in [-0.2, 0) is 9.53 Å². The molecule has 0 bridgehead atoms. The van der Waals surface area contributed by atoms with Gasteiger partial charge in [0.25, 0.3) is 0 Å². The van der Waals surface area contributed by atoms with Gasteiger partial charge in [0.15, 0.2) is 0 Å². The highest BCUT2D eigenvalue weighted by Gasteiger charge is 2.16. The second kappa shape index (κ2) is 8.08. The standard InChI is InChI=1S/C14H22N4O3/c1-3-5-6-18(9-12(16)19)13-7-10(11(15)8-17-13)14(20)21-4-2/h7-8H,3-6,9,15H2,1-2H3,(H2,16,19). The molecule has 0 radical (unpaired) electrons. The summed E-state index contributed by atoms with van der Waals surface area (Å²) in [5.41, 5.74) is 11.5. The van der Waals surface area contributed by atoms with Gasteiger partial charge in [-0.1, -0.05) is 13.3 Å². The summed E-state index contributed by atoms with van der Waals surface area (Å²) in [6.07, 6.45) is 3.24. The summed E-state index contributed by atoms with van der Waals surface area (Å²) in [6, 6.07) is 1.53. The van der Waals surface area contributed by atoms with E-state index in [9.17, 15) is 9.59 Å². The van der Waals surface area contributed by atoms with E-state index in [0.717, 1.165) is 12.8 Å². The summed E-state index contributed by atoms with van der Waals surface area (Å²) >= 11 is 0. The lowest BCUT2D eigenvalue weighted by Gasteiger charge is -2.22. The summed E-state index contributed by atoms with van der Waals surface area (Å²) in [7, 11) is 0. The van der Waals surface area contributed by atoms with E-state index in [4.69, 9.17) is 16.2 Å². The van der Waals surface area contributed by atoms with Gasteiger partial charge in [-0.25, -0.2) is 9.78 Å². The van der Waals surface area contributed by atoms with Crippen molar-refractivity contribution < 1.29 is 14.3 Å². The van der Waals surface area contributed by atoms with Crippen molar-refractivity contribution in [3.8, 4) is 0 Å². The molecule has 0 aliphatic rings. The number of nitrogens with zero attached hydrogens (tertiary/aromatic N) is 2. The van der Waals surface area contributed by atoms with Crippen LogP contribution in [0.1, 0.15) is 37.0 Å². The topological polar surface area (TPSA) is 112 Å². The zero-order valence-corrected chi connectivity index (χ0v) is 12.5. The molecule has 1 aromatic heterocycles. The van der Waals surface area contributed by atoms with E-state index in [1.807, 2.05) is 6.92 Å². The lowest BCUT2D eigenvalue weighted by Crippen LogP contribution is -2.35. The molecule has 4 N–H and O–H groups in total. The molecule has 0 aliphatic carbocycles. The van der Waals surface area contributed by atoms with Crippen molar-refractivity contribution in [2.75, 3.05) is 30.3 Å². The fourth-order valence-corrected chi connectivity index (χ4v) is 1.83. The Labute approximate surface area is 124 Å². The molecule has 0 aliphatic heterocycles. The summed E-state index contributed by atoms with van der Waals surface area (Å²) in [6.45, 7) is 4.69. The van der Waals surface area contributed by atoms with Gasteiger partial charge in [0.05, 0.1) is 30.6 Å². The molecular weight excluding hydrogens is 272 g/mol. The molecule has 21 heavy (non-hydrogen) atoms. The highest BCUT2D eigenvalue weighted by molar-refractivity contribution is 5.95. The lowest BCUT2D eigenvalue weighted by molar-refractivity contribution is -0.116. The number of carbonyl (C=O) groups is 2. The zero-order chi connectivity index (χ0) is 15.8. The second-order valence-electron chi connectivity index (χ2n) is 4.59. The minimum atomic E-state index is -0.506. The van der Waals surface area contributed by atoms with Gasteiger partial charge >= 0.3 is 5.97 Å². The van der Waals surface area contributed by atoms with Gasteiger partial charge in [0.1, 0.15) is 5.82 Å². The Hall–Kier alpha value is -2.31. The number of hydrogen-bond donors (Lipinski definition) is 2. The number of esters is 1. The zero-order valence-electron chi connectivity index (χ0n) is 12.5. The molecule has 1 amide bonds. The SMILES string of the molecule is CCCCN(CC(N)=O)c1cc(C(=O)OCC)c(N)cn1. The number of pyridine rings is 1. The Morgan fingerprint density at radius 3 is 2.67 bits per heavy atom. The number of hydrogen-bond acceptors (Lipinski definition) is 6. The maximum Gasteiger partial charge on any atom is 0.340 e. The summed E-state index contributed by atoms with van der Waals surface area (Å²) in [5, 5.41) is 0. The molecule has 116 valence electrons. The van der Waals surface area contributed by atoms with Gasteiger partial charge in [0, 0.05) is 6.54 Å². The molecule has 0 fully saturated rings. The van der Waals surface area contributed by atoms with E-state index >= 15 is 0 Å². The van der Waals surface area contributed by atoms with Gasteiger partial charge < -0.3 is 21.1 Å². The molecule has 0 saturated heterocycles. The summed E-state index contributed by atoms with van der Waals surface area (Å²) < 4.78 is 4.95. The number of anilines is 2. The Bertz CT molecular complexity index is 505. The van der Waals surface area contributed by atoms with E-state index in [-0.39, 0.29) is 24.4 Å². The molecule has 0 aromatic carbocycles. The van der Waals surface area contributed by atoms with Crippen molar-refractivity contribution in [2.24, 2.45) is 5.73 Å². The number of amides is 1. The van der Waals surface area contributed by atoms with Gasteiger partial charge in [-0.2, -0.15) is 0 Å². The van der Waals surface area contributed by atoms with Crippen LogP contribution in [0.25, 0.3) is 0 Å². The van der Waals surface area contributed by atoms with Crippen LogP contribution < -0.4 is 16.4 Å². The quantitative estimate of drug-likeness (QED) is 0.690. The minimum absolute atomic E-state index is 0.0409. The number of ether oxygens (including phenoxy) is 1. The van der Waals surface area contributed by atoms with Crippen molar-refractivity contribution in [1.29, 1.82) is 0 Å². The Morgan fingerprint density at radius 1 is 1.38 bits per heavy atom. The normalized spacial score (nSPS) is 10.2. The second-order valence-corrected chi connectivity index (χ2v) is 4.59. The summed E-state index contributed by atoms with van der Waals surface area (Å²) in [4.78, 5) is 28.9. The lowest BCUT2D eigenvalue weighted by atomic mass is 10.2. The molecule has 0 spiro atoms. The number of aromatic nitrogens is 1. The Balaban J connectivity index is 3.04. The van der Waals surface area contributed by atoms with Crippen LogP contribution >= 0.6 is 0 Å². The Kier molecular flexibility index (Phi) is 6.45. The fourth-order valence-electron chi connectivity index (χ4n) is 1.83. The van der Waals surface area contributed by atoms with Gasteiger partial charge in [-0.3, -0.25) is 4.79 Å². The van der Waals surface area contributed by atoms with Crippen LogP contribution in [-0.4, -0.2) is 36.6 Å². The first-order valence-corrected chi connectivity index (χ1v) is 6.95. The van der Waals surface area contributed by atoms with E-state index < -0.39 is 11.9 Å². The molecule has 1 heterocycles. The van der Waals surface area contributed by atoms with Crippen molar-refractivity contribution in [3.63, 3.8) is 0 Å². The smallest absolute Gasteiger partial charge is 0.340 e. The monoisotopic (exact) mass is 294 g/mol. The van der Waals surface area contributed by atoms with Crippen LogP contribution in [0.3, 0.4) is 0 Å². The molecule has 7 heteroatoms. The van der Waals surface area contributed by atoms with Crippen molar-refractivity contribution in [1.82, 2.24) is 4.98 Å². The van der Waals surface area contributed by atoms with E-state index in [1.54, 1.807) is 11.8 Å². The van der Waals surface area contributed by atoms with E-state index in [2.05, 4.69) is 4.98 Å². The molecule has 0 atom stereocenters. The Morgan fingerprint density at radius 2 is 2.10 bits per heavy atom. The van der Waals surface area contributed by atoms with E-state index in [1.165, 1.54) is 12.3 Å². The third kappa shape index (κ3) is 4.94. The van der Waals surface area contributed by atoms with E-state index in [0.29, 0.717) is 12.4 Å². The van der Waals surface area contributed by atoms with Crippen molar-refractivity contribution in [3.05, 3.63) is 17.8 Å². The molecule has 0 unspecified atom stereocenters. The number of unbranched alkanes of at least 4 members (excludes halogenated alkanes) is 1. The first-order valence-electron chi connectivity index (χ1n) is 6.95. The fraction of sp³-hybridized carbons (Fsp3) is 0.500. The minimum Gasteiger partial charge on any atom is -0.462 e. The highest BCUT2D eigenvalue weighted by Crippen LogP contribution is 2.19. The molecule has 1 aromatic rings. The predicted molar refractivity (Wildman–Crippen MR) is 80.9 cm³/mol. The van der Waals surface area contributed by atoms with Crippen LogP contribution in [0.15, 0.2) is 12.3 Å². The number of primary amides is 1. The first-order chi connectivity index (χ1) is 9.99. The number of nitrogens with two attached hydrogens (primary N) is 2. The number of carbonyl (C=O) groups excluding carboxylic acids is 2. The number of rotatable bonds is 8. The molecular formula is C14H22N4O3. The van der Waals surface area contributed by atoms with Gasteiger partial charge in [0.2, 0.25) is 5.91 Å². The maximum atomic E-state index is 11.8. The maximum absolute atomic E-state index is 11.8. The molecule has 1 rings (SSSR count). The van der Waals surface area contributed by atoms with Crippen LogP contribution in [0.4, 0.5) is 11.5 Å². The highest BCUT2D eigenvalue weighted by atomic mass is 16.5. The molecule has 0 saturated carbocycles. The van der Waals surface area contributed by atoms with Crippen molar-refractivity contribution >= 4 is 23.4 Å². The largest absolute Gasteiger partial charge is 0.462 e. The summed E-state index contributed by atoms with van der Waals surface area (Å²) in [5.74, 6) is -0.477. The third-order valence-corrected chi connectivity index (χ3v) is 2.87. The van der Waals surface area contributed by atoms with Crippen LogP contribution in [0.2, 0.25) is 0 Å². The average Bonchev–Trinajstić information content (AvgIpc) is 2.44. The van der Waals surface area contributed by atoms with Crippen LogP contribution in [0, 0.1) is 0 Å². The van der Waals surface area contributed by atoms with Crippen molar-refractivity contribution in [2.45, 2.75) is 26.7 Å². The third-order valence-electron chi connectivity index (χ3n) is 2.87. The van der Waals surface area contributed by atoms with Gasteiger partial charge in [-0.05, 0) is 19.4 Å². The predicted octanol–water partition coefficient (Wildman–Crippen LogP) is 0.932. The number of nitrogen functional groups attached to an aromatic ring is 1. The molecule has 7 nitrogen and oxygen atoms in total. The van der Waals surface area contributed by atoms with Gasteiger partial charge in [-0.15, -0.1) is 0 Å². The van der Waals surface area contributed by atoms with Crippen LogP contribution in [0.5, 0.6) is 0 Å². The average molecular weight is 294 g/mol. The first kappa shape index (κ1) is 16.7.